The molecule has 1 fully saturated rings. The van der Waals surface area contributed by atoms with E-state index in [1.165, 1.54) is 0 Å². The first kappa shape index (κ1) is 16.2. The third-order valence-electron chi connectivity index (χ3n) is 4.08. The summed E-state index contributed by atoms with van der Waals surface area (Å²) in [6.07, 6.45) is 1.16. The summed E-state index contributed by atoms with van der Waals surface area (Å²) in [5, 5.41) is 2.99. The van der Waals surface area contributed by atoms with Crippen molar-refractivity contribution in [2.45, 2.75) is 38.6 Å². The van der Waals surface area contributed by atoms with Gasteiger partial charge in [0.15, 0.2) is 5.13 Å². The first-order valence-corrected chi connectivity index (χ1v) is 8.28. The van der Waals surface area contributed by atoms with Gasteiger partial charge in [-0.25, -0.2) is 4.98 Å². The van der Waals surface area contributed by atoms with Crippen LogP contribution in [0.2, 0.25) is 0 Å². The molecule has 118 valence electrons. The zero-order chi connectivity index (χ0) is 15.6. The van der Waals surface area contributed by atoms with E-state index in [-0.39, 0.29) is 5.97 Å². The van der Waals surface area contributed by atoms with Gasteiger partial charge in [0.05, 0.1) is 12.3 Å². The molecule has 21 heavy (non-hydrogen) atoms. The van der Waals surface area contributed by atoms with Crippen molar-refractivity contribution in [2.75, 3.05) is 38.7 Å². The second-order valence-corrected chi connectivity index (χ2v) is 7.05. The van der Waals surface area contributed by atoms with Crippen LogP contribution in [0.5, 0.6) is 0 Å². The first-order valence-electron chi connectivity index (χ1n) is 7.40. The molecule has 1 saturated heterocycles. The van der Waals surface area contributed by atoms with Crippen LogP contribution in [0.25, 0.3) is 0 Å². The van der Waals surface area contributed by atoms with E-state index in [0.29, 0.717) is 12.6 Å². The van der Waals surface area contributed by atoms with Gasteiger partial charge in [-0.2, -0.15) is 0 Å². The maximum atomic E-state index is 12.1. The van der Waals surface area contributed by atoms with Crippen molar-refractivity contribution < 1.29 is 9.53 Å². The Labute approximate surface area is 130 Å². The maximum absolute atomic E-state index is 12.1. The van der Waals surface area contributed by atoms with Gasteiger partial charge in [-0.05, 0) is 41.3 Å². The molecule has 2 heterocycles. The van der Waals surface area contributed by atoms with Gasteiger partial charge in [-0.1, -0.05) is 0 Å². The molecule has 6 heteroatoms. The fourth-order valence-corrected chi connectivity index (χ4v) is 3.48. The van der Waals surface area contributed by atoms with Crippen LogP contribution < -0.4 is 4.90 Å². The average molecular weight is 311 g/mol. The number of ether oxygens (including phenoxy) is 1. The minimum absolute atomic E-state index is 0.213. The van der Waals surface area contributed by atoms with Gasteiger partial charge >= 0.3 is 5.97 Å². The Kier molecular flexibility index (Phi) is 4.88. The lowest BCUT2D eigenvalue weighted by Crippen LogP contribution is -2.32. The Morgan fingerprint density at radius 2 is 2.29 bits per heavy atom. The molecule has 1 unspecified atom stereocenters. The maximum Gasteiger partial charge on any atom is 0.317 e. The number of nitrogens with zero attached hydrogens (tertiary/aromatic N) is 3. The topological polar surface area (TPSA) is 45.7 Å². The van der Waals surface area contributed by atoms with Gasteiger partial charge in [-0.15, -0.1) is 11.3 Å². The molecular formula is C15H25N3O2S. The number of hydrogen-bond acceptors (Lipinski definition) is 6. The minimum atomic E-state index is -0.689. The van der Waals surface area contributed by atoms with E-state index >= 15 is 0 Å². The molecule has 0 spiro atoms. The summed E-state index contributed by atoms with van der Waals surface area (Å²) in [7, 11) is 4.23. The van der Waals surface area contributed by atoms with E-state index in [9.17, 15) is 4.79 Å². The molecule has 0 aromatic carbocycles. The standard InChI is InChI=1S/C15H25N3O2S/c1-6-20-13(19)15(2,3)12-10-21-14(16-12)18-8-7-11(9-18)17(4)5/h10-11H,6-9H2,1-5H3. The average Bonchev–Trinajstić information content (AvgIpc) is 3.08. The number of esters is 1. The van der Waals surface area contributed by atoms with E-state index in [2.05, 4.69) is 28.9 Å². The molecule has 1 aliphatic rings. The van der Waals surface area contributed by atoms with Crippen LogP contribution in [0.4, 0.5) is 5.13 Å². The number of rotatable bonds is 5. The van der Waals surface area contributed by atoms with Gasteiger partial charge < -0.3 is 14.5 Å². The highest BCUT2D eigenvalue weighted by atomic mass is 32.1. The number of carbonyl (C=O) groups is 1. The fraction of sp³-hybridized carbons (Fsp3) is 0.733. The van der Waals surface area contributed by atoms with Crippen molar-refractivity contribution in [1.82, 2.24) is 9.88 Å². The molecule has 1 aromatic rings. The number of likely N-dealkylation sites (N-methyl/N-ethyl adjacent to an activating group) is 1. The van der Waals surface area contributed by atoms with Crippen LogP contribution in [-0.4, -0.2) is 55.7 Å². The monoisotopic (exact) mass is 311 g/mol. The minimum Gasteiger partial charge on any atom is -0.465 e. The lowest BCUT2D eigenvalue weighted by molar-refractivity contribution is -0.148. The molecule has 0 radical (unpaired) electrons. The van der Waals surface area contributed by atoms with Crippen LogP contribution in [0.15, 0.2) is 5.38 Å². The third kappa shape index (κ3) is 3.37. The second kappa shape index (κ2) is 6.32. The molecule has 1 aliphatic heterocycles. The van der Waals surface area contributed by atoms with Gasteiger partial charge in [0.25, 0.3) is 0 Å². The van der Waals surface area contributed by atoms with Crippen LogP contribution >= 0.6 is 11.3 Å². The predicted molar refractivity (Wildman–Crippen MR) is 86.1 cm³/mol. The highest BCUT2D eigenvalue weighted by Crippen LogP contribution is 2.32. The quantitative estimate of drug-likeness (QED) is 0.780. The summed E-state index contributed by atoms with van der Waals surface area (Å²) in [6, 6.07) is 0.579. The third-order valence-corrected chi connectivity index (χ3v) is 4.98. The van der Waals surface area contributed by atoms with Crippen molar-refractivity contribution in [3.63, 3.8) is 0 Å². The number of aromatic nitrogens is 1. The SMILES string of the molecule is CCOC(=O)C(C)(C)c1csc(N2CCC(N(C)C)C2)n1. The lowest BCUT2D eigenvalue weighted by atomic mass is 9.90. The summed E-state index contributed by atoms with van der Waals surface area (Å²) in [5.74, 6) is -0.213. The Balaban J connectivity index is 2.10. The number of carbonyl (C=O) groups excluding carboxylic acids is 1. The fourth-order valence-electron chi connectivity index (χ4n) is 2.45. The highest BCUT2D eigenvalue weighted by Gasteiger charge is 2.35. The van der Waals surface area contributed by atoms with Gasteiger partial charge in [0.2, 0.25) is 0 Å². The molecule has 0 N–H and O–H groups in total. The van der Waals surface area contributed by atoms with Gasteiger partial charge in [0.1, 0.15) is 5.41 Å². The van der Waals surface area contributed by atoms with Crippen LogP contribution in [0.1, 0.15) is 32.9 Å². The molecule has 0 amide bonds. The molecule has 1 atom stereocenters. The zero-order valence-electron chi connectivity index (χ0n) is 13.5. The second-order valence-electron chi connectivity index (χ2n) is 6.21. The lowest BCUT2D eigenvalue weighted by Gasteiger charge is -2.21. The number of anilines is 1. The smallest absolute Gasteiger partial charge is 0.317 e. The molecule has 5 nitrogen and oxygen atoms in total. The largest absolute Gasteiger partial charge is 0.465 e. The Bertz CT molecular complexity index is 499. The highest BCUT2D eigenvalue weighted by molar-refractivity contribution is 7.13. The van der Waals surface area contributed by atoms with E-state index in [4.69, 9.17) is 4.74 Å². The van der Waals surface area contributed by atoms with Crippen LogP contribution in [0, 0.1) is 0 Å². The Hall–Kier alpha value is -1.14. The summed E-state index contributed by atoms with van der Waals surface area (Å²) >= 11 is 1.61. The van der Waals surface area contributed by atoms with Crippen molar-refractivity contribution in [2.24, 2.45) is 0 Å². The van der Waals surface area contributed by atoms with Gasteiger partial charge in [0, 0.05) is 24.5 Å². The van der Waals surface area contributed by atoms with E-state index in [1.54, 1.807) is 11.3 Å². The Morgan fingerprint density at radius 3 is 2.86 bits per heavy atom. The molecule has 1 aromatic heterocycles. The number of thiazole rings is 1. The zero-order valence-corrected chi connectivity index (χ0v) is 14.4. The summed E-state index contributed by atoms with van der Waals surface area (Å²) in [4.78, 5) is 21.3. The van der Waals surface area contributed by atoms with Crippen LogP contribution in [0.3, 0.4) is 0 Å². The summed E-state index contributed by atoms with van der Waals surface area (Å²) < 4.78 is 5.15. The first-order chi connectivity index (χ1) is 9.86. The molecule has 0 saturated carbocycles. The molecule has 0 bridgehead atoms. The van der Waals surface area contributed by atoms with Crippen molar-refractivity contribution in [3.8, 4) is 0 Å². The Morgan fingerprint density at radius 1 is 1.57 bits per heavy atom. The summed E-state index contributed by atoms with van der Waals surface area (Å²) in [6.45, 7) is 7.99. The molecule has 2 rings (SSSR count). The van der Waals surface area contributed by atoms with Crippen LogP contribution in [-0.2, 0) is 14.9 Å². The van der Waals surface area contributed by atoms with E-state index < -0.39 is 5.41 Å². The van der Waals surface area contributed by atoms with Crippen molar-refractivity contribution in [1.29, 1.82) is 0 Å². The number of hydrogen-bond donors (Lipinski definition) is 0. The van der Waals surface area contributed by atoms with Crippen molar-refractivity contribution >= 4 is 22.4 Å². The van der Waals surface area contributed by atoms with E-state index in [1.807, 2.05) is 26.2 Å². The predicted octanol–water partition coefficient (Wildman–Crippen LogP) is 2.12. The summed E-state index contributed by atoms with van der Waals surface area (Å²) in [5.41, 5.74) is 0.111. The molecule has 0 aliphatic carbocycles. The normalized spacial score (nSPS) is 19.3. The van der Waals surface area contributed by atoms with E-state index in [0.717, 1.165) is 30.3 Å². The molecular weight excluding hydrogens is 286 g/mol. The van der Waals surface area contributed by atoms with Gasteiger partial charge in [-0.3, -0.25) is 4.79 Å². The van der Waals surface area contributed by atoms with Crippen molar-refractivity contribution in [3.05, 3.63) is 11.1 Å².